The van der Waals surface area contributed by atoms with Crippen molar-refractivity contribution in [2.75, 3.05) is 31.1 Å². The molecule has 4 rings (SSSR count). The average Bonchev–Trinajstić information content (AvgIpc) is 3.19. The van der Waals surface area contributed by atoms with Gasteiger partial charge in [0.05, 0.1) is 0 Å². The van der Waals surface area contributed by atoms with Gasteiger partial charge in [-0.25, -0.2) is 0 Å². The van der Waals surface area contributed by atoms with E-state index in [1.807, 2.05) is 64.4 Å². The van der Waals surface area contributed by atoms with Crippen molar-refractivity contribution in [3.8, 4) is 11.5 Å². The highest BCUT2D eigenvalue weighted by Gasteiger charge is 2.24. The normalized spacial score (nSPS) is 14.5. The van der Waals surface area contributed by atoms with Crippen molar-refractivity contribution >= 4 is 27.8 Å². The van der Waals surface area contributed by atoms with Crippen LogP contribution in [0.15, 0.2) is 63.6 Å². The number of rotatable bonds is 3. The van der Waals surface area contributed by atoms with E-state index in [4.69, 9.17) is 4.52 Å². The lowest BCUT2D eigenvalue weighted by Crippen LogP contribution is -2.49. The Morgan fingerprint density at radius 1 is 0.962 bits per heavy atom. The Morgan fingerprint density at radius 2 is 1.65 bits per heavy atom. The van der Waals surface area contributed by atoms with Gasteiger partial charge in [-0.2, -0.15) is 4.98 Å². The smallest absolute Gasteiger partial charge is 0.266 e. The molecule has 7 heteroatoms. The molecule has 2 aromatic carbocycles. The molecule has 1 saturated heterocycles. The fourth-order valence-corrected chi connectivity index (χ4v) is 3.19. The number of amides is 1. The summed E-state index contributed by atoms with van der Waals surface area (Å²) in [6.45, 7) is 2.61. The number of aromatic nitrogens is 2. The first-order valence-electron chi connectivity index (χ1n) is 8.39. The molecule has 1 aliphatic heterocycles. The van der Waals surface area contributed by atoms with Crippen molar-refractivity contribution in [2.45, 2.75) is 0 Å². The van der Waals surface area contributed by atoms with Crippen molar-refractivity contribution in [2.24, 2.45) is 0 Å². The largest absolute Gasteiger partial charge is 0.335 e. The van der Waals surface area contributed by atoms with E-state index in [2.05, 4.69) is 26.1 Å². The summed E-state index contributed by atoms with van der Waals surface area (Å²) in [5.41, 5.74) is 1.60. The number of halogens is 1. The number of hydrogen-bond acceptors (Lipinski definition) is 5. The third-order valence-electron chi connectivity index (χ3n) is 4.38. The number of benzene rings is 2. The first kappa shape index (κ1) is 16.8. The van der Waals surface area contributed by atoms with E-state index in [-0.39, 0.29) is 5.91 Å². The zero-order valence-corrected chi connectivity index (χ0v) is 15.6. The second kappa shape index (κ2) is 7.29. The van der Waals surface area contributed by atoms with Crippen LogP contribution in [0.2, 0.25) is 0 Å². The van der Waals surface area contributed by atoms with E-state index in [0.29, 0.717) is 43.6 Å². The molecule has 1 aromatic heterocycles. The maximum absolute atomic E-state index is 12.6. The average molecular weight is 413 g/mol. The third-order valence-corrected chi connectivity index (χ3v) is 4.91. The topological polar surface area (TPSA) is 62.5 Å². The predicted octanol–water partition coefficient (Wildman–Crippen LogP) is 3.46. The standard InChI is InChI=1S/C19H17BrN4O2/c20-16-8-6-15(7-9-16)18(25)23-10-12-24(13-11-23)19-21-17(26-22-19)14-4-2-1-3-5-14/h1-9H,10-13H2. The minimum atomic E-state index is 0.0511. The summed E-state index contributed by atoms with van der Waals surface area (Å²) in [7, 11) is 0. The SMILES string of the molecule is O=C(c1ccc(Br)cc1)N1CCN(c2noc(-c3ccccc3)n2)CC1. The summed E-state index contributed by atoms with van der Waals surface area (Å²) in [5.74, 6) is 1.13. The van der Waals surface area contributed by atoms with Crippen molar-refractivity contribution in [3.05, 3.63) is 64.6 Å². The summed E-state index contributed by atoms with van der Waals surface area (Å²) in [5, 5.41) is 4.09. The lowest BCUT2D eigenvalue weighted by atomic mass is 10.2. The minimum Gasteiger partial charge on any atom is -0.335 e. The Kier molecular flexibility index (Phi) is 4.71. The second-order valence-electron chi connectivity index (χ2n) is 6.05. The van der Waals surface area contributed by atoms with Crippen LogP contribution in [0.1, 0.15) is 10.4 Å². The molecule has 6 nitrogen and oxygen atoms in total. The van der Waals surface area contributed by atoms with Crippen molar-refractivity contribution < 1.29 is 9.32 Å². The number of nitrogens with zero attached hydrogens (tertiary/aromatic N) is 4. The molecule has 0 spiro atoms. The highest BCUT2D eigenvalue weighted by Crippen LogP contribution is 2.21. The highest BCUT2D eigenvalue weighted by molar-refractivity contribution is 9.10. The first-order valence-corrected chi connectivity index (χ1v) is 9.19. The first-order chi connectivity index (χ1) is 12.7. The molecule has 1 fully saturated rings. The molecular weight excluding hydrogens is 396 g/mol. The van der Waals surface area contributed by atoms with Crippen LogP contribution < -0.4 is 4.90 Å². The van der Waals surface area contributed by atoms with Gasteiger partial charge >= 0.3 is 0 Å². The molecule has 0 atom stereocenters. The van der Waals surface area contributed by atoms with Crippen molar-refractivity contribution in [3.63, 3.8) is 0 Å². The van der Waals surface area contributed by atoms with Crippen LogP contribution in [0, 0.1) is 0 Å². The van der Waals surface area contributed by atoms with Crippen LogP contribution in [0.25, 0.3) is 11.5 Å². The van der Waals surface area contributed by atoms with Gasteiger partial charge in [0.1, 0.15) is 0 Å². The zero-order valence-electron chi connectivity index (χ0n) is 14.0. The van der Waals surface area contributed by atoms with Crippen LogP contribution in [0.4, 0.5) is 5.95 Å². The van der Waals surface area contributed by atoms with Crippen LogP contribution in [-0.4, -0.2) is 47.1 Å². The number of carbonyl (C=O) groups excluding carboxylic acids is 1. The molecular formula is C19H17BrN4O2. The third kappa shape index (κ3) is 3.48. The maximum atomic E-state index is 12.6. The lowest BCUT2D eigenvalue weighted by Gasteiger charge is -2.33. The molecule has 26 heavy (non-hydrogen) atoms. The van der Waals surface area contributed by atoms with Gasteiger partial charge in [-0.3, -0.25) is 4.79 Å². The van der Waals surface area contributed by atoms with Gasteiger partial charge in [0.25, 0.3) is 17.7 Å². The summed E-state index contributed by atoms with van der Waals surface area (Å²) >= 11 is 3.39. The van der Waals surface area contributed by atoms with Crippen molar-refractivity contribution in [1.29, 1.82) is 0 Å². The van der Waals surface area contributed by atoms with Crippen molar-refractivity contribution in [1.82, 2.24) is 15.0 Å². The van der Waals surface area contributed by atoms with E-state index in [1.54, 1.807) is 0 Å². The Hall–Kier alpha value is -2.67. The van der Waals surface area contributed by atoms with Gasteiger partial charge in [0.15, 0.2) is 0 Å². The molecule has 0 radical (unpaired) electrons. The Bertz CT molecular complexity index is 887. The quantitative estimate of drug-likeness (QED) is 0.658. The Morgan fingerprint density at radius 3 is 2.35 bits per heavy atom. The molecule has 0 aliphatic carbocycles. The number of anilines is 1. The monoisotopic (exact) mass is 412 g/mol. The van der Waals surface area contributed by atoms with E-state index < -0.39 is 0 Å². The fraction of sp³-hybridized carbons (Fsp3) is 0.211. The summed E-state index contributed by atoms with van der Waals surface area (Å²) in [6.07, 6.45) is 0. The van der Waals surface area contributed by atoms with Crippen LogP contribution in [0.3, 0.4) is 0 Å². The zero-order chi connectivity index (χ0) is 17.9. The van der Waals surface area contributed by atoms with E-state index in [1.165, 1.54) is 0 Å². The van der Waals surface area contributed by atoms with Gasteiger partial charge in [-0.05, 0) is 41.6 Å². The van der Waals surface area contributed by atoms with Gasteiger partial charge in [-0.1, -0.05) is 34.1 Å². The lowest BCUT2D eigenvalue weighted by molar-refractivity contribution is 0.0746. The summed E-state index contributed by atoms with van der Waals surface area (Å²) in [4.78, 5) is 21.0. The molecule has 3 aromatic rings. The molecule has 0 unspecified atom stereocenters. The van der Waals surface area contributed by atoms with E-state index >= 15 is 0 Å². The maximum Gasteiger partial charge on any atom is 0.266 e. The number of carbonyl (C=O) groups is 1. The van der Waals surface area contributed by atoms with Gasteiger partial charge in [0.2, 0.25) is 0 Å². The highest BCUT2D eigenvalue weighted by atomic mass is 79.9. The van der Waals surface area contributed by atoms with Gasteiger partial charge in [0, 0.05) is 41.8 Å². The van der Waals surface area contributed by atoms with Gasteiger partial charge in [-0.15, -0.1) is 0 Å². The Labute approximate surface area is 159 Å². The molecule has 1 amide bonds. The second-order valence-corrected chi connectivity index (χ2v) is 6.97. The molecule has 132 valence electrons. The molecule has 0 N–H and O–H groups in total. The Balaban J connectivity index is 1.40. The number of hydrogen-bond donors (Lipinski definition) is 0. The molecule has 2 heterocycles. The molecule has 0 saturated carbocycles. The molecule has 0 bridgehead atoms. The number of piperazine rings is 1. The summed E-state index contributed by atoms with van der Waals surface area (Å²) in [6, 6.07) is 17.1. The van der Waals surface area contributed by atoms with E-state index in [0.717, 1.165) is 10.0 Å². The minimum absolute atomic E-state index is 0.0511. The summed E-state index contributed by atoms with van der Waals surface area (Å²) < 4.78 is 6.33. The van der Waals surface area contributed by atoms with Gasteiger partial charge < -0.3 is 14.3 Å². The fourth-order valence-electron chi connectivity index (χ4n) is 2.93. The van der Waals surface area contributed by atoms with E-state index in [9.17, 15) is 4.79 Å². The van der Waals surface area contributed by atoms with Crippen LogP contribution in [0.5, 0.6) is 0 Å². The molecule has 1 aliphatic rings. The predicted molar refractivity (Wildman–Crippen MR) is 102 cm³/mol. The van der Waals surface area contributed by atoms with Crippen LogP contribution >= 0.6 is 15.9 Å². The van der Waals surface area contributed by atoms with Crippen LogP contribution in [-0.2, 0) is 0 Å².